The summed E-state index contributed by atoms with van der Waals surface area (Å²) < 4.78 is 81.4. The van der Waals surface area contributed by atoms with Crippen molar-refractivity contribution in [1.82, 2.24) is 5.32 Å². The second-order valence-corrected chi connectivity index (χ2v) is 13.5. The van der Waals surface area contributed by atoms with Crippen LogP contribution < -0.4 is 14.2 Å². The third kappa shape index (κ3) is 11.1. The van der Waals surface area contributed by atoms with Crippen LogP contribution >= 0.6 is 23.4 Å². The summed E-state index contributed by atoms with van der Waals surface area (Å²) in [5.41, 5.74) is -5.90. The second-order valence-electron chi connectivity index (χ2n) is 10.4. The van der Waals surface area contributed by atoms with E-state index in [0.29, 0.717) is 22.8 Å². The van der Waals surface area contributed by atoms with Crippen molar-refractivity contribution in [1.29, 1.82) is 0 Å². The van der Waals surface area contributed by atoms with Crippen LogP contribution in [-0.4, -0.2) is 45.1 Å². The normalized spacial score (nSPS) is 13.8. The van der Waals surface area contributed by atoms with Gasteiger partial charge in [-0.2, -0.15) is 21.6 Å². The molecule has 0 aliphatic heterocycles. The monoisotopic (exact) mass is 641 g/mol. The van der Waals surface area contributed by atoms with Crippen LogP contribution in [0.1, 0.15) is 59.4 Å². The Morgan fingerprint density at radius 1 is 1.05 bits per heavy atom. The third-order valence-electron chi connectivity index (χ3n) is 5.54. The van der Waals surface area contributed by atoms with Crippen molar-refractivity contribution >= 4 is 39.6 Å². The van der Waals surface area contributed by atoms with Gasteiger partial charge in [-0.25, -0.2) is 4.79 Å². The molecule has 1 N–H and O–H groups in total. The van der Waals surface area contributed by atoms with Gasteiger partial charge in [0.2, 0.25) is 0 Å². The van der Waals surface area contributed by atoms with Crippen LogP contribution in [0.2, 0.25) is 5.02 Å². The molecule has 0 aliphatic carbocycles. The molecule has 0 bridgehead atoms. The zero-order valence-electron chi connectivity index (χ0n) is 23.7. The number of ether oxygens (including phenoxy) is 3. The van der Waals surface area contributed by atoms with Crippen LogP contribution in [0.5, 0.6) is 11.5 Å². The Kier molecular flexibility index (Phi) is 12.1. The van der Waals surface area contributed by atoms with Gasteiger partial charge in [-0.15, -0.1) is 0 Å². The summed E-state index contributed by atoms with van der Waals surface area (Å²) in [6.45, 7) is 9.21. The van der Waals surface area contributed by atoms with E-state index in [1.165, 1.54) is 13.2 Å². The van der Waals surface area contributed by atoms with Crippen LogP contribution in [0.15, 0.2) is 46.2 Å². The molecule has 0 unspecified atom stereocenters. The Balaban J connectivity index is 2.24. The molecular formula is C27H35ClF3NO7S2. The zero-order valence-corrected chi connectivity index (χ0v) is 26.1. The lowest BCUT2D eigenvalue weighted by Crippen LogP contribution is -2.48. The van der Waals surface area contributed by atoms with Crippen molar-refractivity contribution in [2.75, 3.05) is 13.9 Å². The van der Waals surface area contributed by atoms with E-state index in [9.17, 15) is 26.4 Å². The molecule has 2 rings (SSSR count). The van der Waals surface area contributed by atoms with E-state index in [1.54, 1.807) is 32.9 Å². The second kappa shape index (κ2) is 14.2. The summed E-state index contributed by atoms with van der Waals surface area (Å²) in [5, 5.41) is 3.42. The maximum absolute atomic E-state index is 12.8. The Morgan fingerprint density at radius 3 is 2.29 bits per heavy atom. The minimum absolute atomic E-state index is 0.151. The average molecular weight is 642 g/mol. The van der Waals surface area contributed by atoms with Crippen LogP contribution in [0.3, 0.4) is 0 Å². The Morgan fingerprint density at radius 2 is 1.73 bits per heavy atom. The van der Waals surface area contributed by atoms with Gasteiger partial charge in [-0.3, -0.25) is 0 Å². The molecule has 230 valence electrons. The lowest BCUT2D eigenvalue weighted by atomic mass is 9.89. The van der Waals surface area contributed by atoms with Crippen LogP contribution in [0.25, 0.3) is 0 Å². The number of hydrogen-bond donors (Lipinski definition) is 1. The number of carbonyl (C=O) groups is 1. The average Bonchev–Trinajstić information content (AvgIpc) is 2.81. The highest BCUT2D eigenvalue weighted by molar-refractivity contribution is 7.99. The number of aryl methyl sites for hydroxylation is 1. The van der Waals surface area contributed by atoms with Crippen LogP contribution in [0.4, 0.5) is 18.0 Å². The number of alkyl carbamates (subject to hydrolysis) is 1. The van der Waals surface area contributed by atoms with E-state index < -0.39 is 38.6 Å². The maximum Gasteiger partial charge on any atom is 0.534 e. The molecule has 0 heterocycles. The molecule has 14 heteroatoms. The van der Waals surface area contributed by atoms with Gasteiger partial charge in [0.05, 0.1) is 4.90 Å². The minimum Gasteiger partial charge on any atom is -0.466 e. The third-order valence-corrected chi connectivity index (χ3v) is 7.90. The summed E-state index contributed by atoms with van der Waals surface area (Å²) in [7, 11) is -4.46. The van der Waals surface area contributed by atoms with Crippen LogP contribution in [0, 0.1) is 0 Å². The van der Waals surface area contributed by atoms with E-state index >= 15 is 0 Å². The molecule has 2 aromatic carbocycles. The first-order valence-electron chi connectivity index (χ1n) is 12.6. The number of amides is 1. The fourth-order valence-electron chi connectivity index (χ4n) is 3.72. The molecule has 0 saturated heterocycles. The van der Waals surface area contributed by atoms with Gasteiger partial charge in [0.25, 0.3) is 0 Å². The molecule has 0 spiro atoms. The summed E-state index contributed by atoms with van der Waals surface area (Å²) >= 11 is 7.67. The number of rotatable bonds is 13. The Bertz CT molecular complexity index is 1300. The molecule has 0 fully saturated rings. The highest BCUT2D eigenvalue weighted by Gasteiger charge is 2.48. The Hall–Kier alpha value is -2.35. The Labute approximate surface area is 248 Å². The number of benzene rings is 2. The number of alkyl halides is 3. The largest absolute Gasteiger partial charge is 0.534 e. The number of methoxy groups -OCH3 is 1. The highest BCUT2D eigenvalue weighted by Crippen LogP contribution is 2.40. The highest BCUT2D eigenvalue weighted by atomic mass is 35.5. The summed E-state index contributed by atoms with van der Waals surface area (Å²) in [6, 6.07) is 8.72. The molecule has 41 heavy (non-hydrogen) atoms. The molecule has 0 aromatic heterocycles. The molecule has 2 aromatic rings. The van der Waals surface area contributed by atoms with Gasteiger partial charge in [0.15, 0.2) is 6.79 Å². The van der Waals surface area contributed by atoms with Crippen molar-refractivity contribution in [3.8, 4) is 11.5 Å². The van der Waals surface area contributed by atoms with E-state index in [-0.39, 0.29) is 17.4 Å². The number of nitrogens with one attached hydrogen (secondary N) is 1. The zero-order chi connectivity index (χ0) is 31.1. The number of hydrogen-bond acceptors (Lipinski definition) is 8. The fraction of sp³-hybridized carbons (Fsp3) is 0.519. The minimum atomic E-state index is -5.85. The molecule has 1 amide bonds. The van der Waals surface area contributed by atoms with Crippen LogP contribution in [-0.2, 0) is 26.0 Å². The summed E-state index contributed by atoms with van der Waals surface area (Å²) in [5.74, 6) is -0.303. The predicted molar refractivity (Wildman–Crippen MR) is 151 cm³/mol. The van der Waals surface area contributed by atoms with Gasteiger partial charge in [-0.05, 0) is 82.9 Å². The van der Waals surface area contributed by atoms with Crippen molar-refractivity contribution < 1.29 is 44.8 Å². The standard InChI is InChI=1S/C27H35ClF3NO7S2/c1-7-13-26(5,32-24(33)38-25(2,3)4)14-12-18-8-10-20(16-21(18)28)40-23-15-19(9-11-22(23)37-17-36-6)39-41(34,35)27(29,30)31/h8-11,15-16H,7,12-14,17H2,1-6H3,(H,32,33)/t26-/m0/s1. The van der Waals surface area contributed by atoms with E-state index in [4.69, 9.17) is 25.8 Å². The number of carbonyl (C=O) groups excluding carboxylic acids is 1. The molecule has 0 radical (unpaired) electrons. The molecule has 1 atom stereocenters. The van der Waals surface area contributed by atoms with E-state index in [0.717, 1.165) is 42.3 Å². The first kappa shape index (κ1) is 34.8. The van der Waals surface area contributed by atoms with Gasteiger partial charge in [0.1, 0.15) is 17.1 Å². The molecule has 0 aliphatic rings. The van der Waals surface area contributed by atoms with Gasteiger partial charge in [0, 0.05) is 22.6 Å². The van der Waals surface area contributed by atoms with Crippen molar-refractivity contribution in [3.63, 3.8) is 0 Å². The van der Waals surface area contributed by atoms with Crippen molar-refractivity contribution in [2.45, 2.75) is 86.7 Å². The molecule has 8 nitrogen and oxygen atoms in total. The van der Waals surface area contributed by atoms with Crippen molar-refractivity contribution in [2.24, 2.45) is 0 Å². The van der Waals surface area contributed by atoms with Crippen molar-refractivity contribution in [3.05, 3.63) is 47.0 Å². The lowest BCUT2D eigenvalue weighted by Gasteiger charge is -2.32. The quantitative estimate of drug-likeness (QED) is 0.135. The smallest absolute Gasteiger partial charge is 0.466 e. The summed E-state index contributed by atoms with van der Waals surface area (Å²) in [6.07, 6.45) is 2.22. The van der Waals surface area contributed by atoms with E-state index in [2.05, 4.69) is 9.50 Å². The fourth-order valence-corrected chi connectivity index (χ4v) is 5.48. The SMILES string of the molecule is CCC[C@@](C)(CCc1ccc(Sc2cc(OS(=O)(=O)C(F)(F)F)ccc2OCOC)cc1Cl)NC(=O)OC(C)(C)C. The molecule has 0 saturated carbocycles. The topological polar surface area (TPSA) is 100 Å². The van der Waals surface area contributed by atoms with Gasteiger partial charge < -0.3 is 23.7 Å². The predicted octanol–water partition coefficient (Wildman–Crippen LogP) is 7.72. The van der Waals surface area contributed by atoms with Gasteiger partial charge >= 0.3 is 21.7 Å². The lowest BCUT2D eigenvalue weighted by molar-refractivity contribution is -0.0500. The first-order chi connectivity index (χ1) is 18.9. The number of halogens is 4. The first-order valence-corrected chi connectivity index (χ1v) is 15.2. The summed E-state index contributed by atoms with van der Waals surface area (Å²) in [4.78, 5) is 13.3. The maximum atomic E-state index is 12.8. The molecular weight excluding hydrogens is 607 g/mol. The van der Waals surface area contributed by atoms with Gasteiger partial charge in [-0.1, -0.05) is 42.8 Å². The van der Waals surface area contributed by atoms with E-state index in [1.807, 2.05) is 19.9 Å².